The Balaban J connectivity index is 1.53. The molecule has 1 aromatic carbocycles. The summed E-state index contributed by atoms with van der Waals surface area (Å²) >= 11 is 0. The minimum Gasteiger partial charge on any atom is -0.381 e. The van der Waals surface area contributed by atoms with Crippen LogP contribution in [0, 0.1) is 6.57 Å². The van der Waals surface area contributed by atoms with Gasteiger partial charge in [0.1, 0.15) is 5.82 Å². The second kappa shape index (κ2) is 9.45. The van der Waals surface area contributed by atoms with Gasteiger partial charge < -0.3 is 14.2 Å². The monoisotopic (exact) mass is 495 g/mol. The molecule has 3 aromatic heterocycles. The van der Waals surface area contributed by atoms with Crippen LogP contribution in [-0.2, 0) is 29.7 Å². The molecule has 0 spiro atoms. The second-order valence-electron chi connectivity index (χ2n) is 9.72. The largest absolute Gasteiger partial charge is 0.381 e. The minimum atomic E-state index is 0.155. The van der Waals surface area contributed by atoms with Crippen molar-refractivity contribution in [1.29, 1.82) is 0 Å². The quantitative estimate of drug-likeness (QED) is 0.384. The topological polar surface area (TPSA) is 82.4 Å². The van der Waals surface area contributed by atoms with Crippen LogP contribution < -0.4 is 0 Å². The summed E-state index contributed by atoms with van der Waals surface area (Å²) in [4.78, 5) is 28.5. The van der Waals surface area contributed by atoms with Crippen LogP contribution in [0.15, 0.2) is 36.7 Å². The van der Waals surface area contributed by atoms with Gasteiger partial charge in [0.2, 0.25) is 11.6 Å². The Kier molecular flexibility index (Phi) is 5.97. The average Bonchev–Trinajstić information content (AvgIpc) is 3.55. The summed E-state index contributed by atoms with van der Waals surface area (Å²) < 4.78 is 9.66. The number of aromatic nitrogens is 5. The molecule has 1 saturated heterocycles. The predicted octanol–water partition coefficient (Wildman–Crippen LogP) is 4.70. The van der Waals surface area contributed by atoms with E-state index in [0.29, 0.717) is 36.8 Å². The van der Waals surface area contributed by atoms with Gasteiger partial charge in [-0.3, -0.25) is 14.5 Å². The van der Waals surface area contributed by atoms with E-state index < -0.39 is 0 Å². The zero-order valence-electron chi connectivity index (χ0n) is 21.1. The zero-order chi connectivity index (χ0) is 25.5. The van der Waals surface area contributed by atoms with Gasteiger partial charge in [-0.15, -0.1) is 0 Å². The van der Waals surface area contributed by atoms with Crippen molar-refractivity contribution in [2.24, 2.45) is 7.05 Å². The van der Waals surface area contributed by atoms with Crippen LogP contribution in [0.1, 0.15) is 43.6 Å². The highest BCUT2D eigenvalue weighted by atomic mass is 16.5. The van der Waals surface area contributed by atoms with E-state index in [1.54, 1.807) is 10.9 Å². The normalized spacial score (nSPS) is 16.1. The van der Waals surface area contributed by atoms with E-state index in [9.17, 15) is 4.79 Å². The molecular formula is C28H29N7O2. The summed E-state index contributed by atoms with van der Waals surface area (Å²) in [6, 6.07) is 7.94. The van der Waals surface area contributed by atoms with Gasteiger partial charge in [0.25, 0.3) is 0 Å². The van der Waals surface area contributed by atoms with Crippen molar-refractivity contribution >= 4 is 22.5 Å². The van der Waals surface area contributed by atoms with Gasteiger partial charge in [-0.1, -0.05) is 19.1 Å². The number of aryl methyl sites for hydroxylation is 1. The molecule has 0 unspecified atom stereocenters. The fraction of sp³-hybridized carbons (Fsp3) is 0.393. The maximum atomic E-state index is 12.6. The predicted molar refractivity (Wildman–Crippen MR) is 140 cm³/mol. The number of hydrogen-bond donors (Lipinski definition) is 0. The molecule has 5 heterocycles. The van der Waals surface area contributed by atoms with Crippen molar-refractivity contribution in [1.82, 2.24) is 29.2 Å². The Labute approximate surface area is 215 Å². The van der Waals surface area contributed by atoms with E-state index in [1.807, 2.05) is 43.3 Å². The molecule has 1 fully saturated rings. The van der Waals surface area contributed by atoms with Gasteiger partial charge in [0, 0.05) is 63.0 Å². The molecule has 0 aliphatic carbocycles. The summed E-state index contributed by atoms with van der Waals surface area (Å²) in [6.07, 6.45) is 5.98. The van der Waals surface area contributed by atoms with Crippen molar-refractivity contribution in [3.63, 3.8) is 0 Å². The maximum Gasteiger partial charge on any atom is 0.222 e. The highest BCUT2D eigenvalue weighted by Crippen LogP contribution is 2.39. The van der Waals surface area contributed by atoms with Gasteiger partial charge in [-0.2, -0.15) is 5.10 Å². The van der Waals surface area contributed by atoms with Gasteiger partial charge in [-0.05, 0) is 30.4 Å². The van der Waals surface area contributed by atoms with Gasteiger partial charge in [0.15, 0.2) is 0 Å². The summed E-state index contributed by atoms with van der Waals surface area (Å²) in [7, 11) is 1.85. The van der Waals surface area contributed by atoms with Crippen LogP contribution in [-0.4, -0.2) is 54.9 Å². The number of benzene rings is 1. The molecule has 1 amide bonds. The maximum absolute atomic E-state index is 12.6. The summed E-state index contributed by atoms with van der Waals surface area (Å²) in [5.41, 5.74) is 5.61. The fourth-order valence-corrected chi connectivity index (χ4v) is 5.55. The number of nitrogens with zero attached hydrogens (tertiary/aromatic N) is 7. The molecule has 0 N–H and O–H groups in total. The lowest BCUT2D eigenvalue weighted by Crippen LogP contribution is -2.38. The van der Waals surface area contributed by atoms with Crippen LogP contribution >= 0.6 is 0 Å². The van der Waals surface area contributed by atoms with Crippen LogP contribution in [0.2, 0.25) is 0 Å². The van der Waals surface area contributed by atoms with Gasteiger partial charge in [0.05, 0.1) is 41.9 Å². The molecule has 2 aliphatic rings. The molecule has 0 radical (unpaired) electrons. The van der Waals surface area contributed by atoms with Crippen molar-refractivity contribution < 1.29 is 9.53 Å². The number of fused-ring (bicyclic) bond motifs is 2. The van der Waals surface area contributed by atoms with E-state index in [4.69, 9.17) is 21.3 Å². The van der Waals surface area contributed by atoms with E-state index >= 15 is 0 Å². The van der Waals surface area contributed by atoms with Crippen molar-refractivity contribution in [2.75, 3.05) is 19.8 Å². The first-order valence-electron chi connectivity index (χ1n) is 12.8. The molecule has 0 atom stereocenters. The minimum absolute atomic E-state index is 0.155. The lowest BCUT2D eigenvalue weighted by molar-refractivity contribution is -0.132. The Morgan fingerprint density at radius 2 is 2.03 bits per heavy atom. The number of ether oxygens (including phenoxy) is 1. The van der Waals surface area contributed by atoms with Crippen LogP contribution in [0.25, 0.3) is 38.3 Å². The van der Waals surface area contributed by atoms with Crippen molar-refractivity contribution in [3.05, 3.63) is 59.6 Å². The number of carbonyl (C=O) groups is 1. The number of carbonyl (C=O) groups excluding carboxylic acids is 1. The fourth-order valence-electron chi connectivity index (χ4n) is 5.55. The molecule has 9 heteroatoms. The molecule has 0 saturated carbocycles. The zero-order valence-corrected chi connectivity index (χ0v) is 21.1. The third-order valence-corrected chi connectivity index (χ3v) is 7.47. The Hall–Kier alpha value is -4.03. The van der Waals surface area contributed by atoms with E-state index in [2.05, 4.69) is 20.6 Å². The van der Waals surface area contributed by atoms with Crippen molar-refractivity contribution in [2.45, 2.75) is 45.2 Å². The summed E-state index contributed by atoms with van der Waals surface area (Å²) in [5, 5.41) is 5.15. The number of amides is 1. The summed E-state index contributed by atoms with van der Waals surface area (Å²) in [5.74, 6) is 1.57. The molecule has 0 bridgehead atoms. The number of pyridine rings is 1. The first-order chi connectivity index (χ1) is 18.1. The Morgan fingerprint density at radius 3 is 2.76 bits per heavy atom. The molecule has 6 rings (SSSR count). The molecule has 2 aliphatic heterocycles. The average molecular weight is 496 g/mol. The highest BCUT2D eigenvalue weighted by Gasteiger charge is 2.31. The van der Waals surface area contributed by atoms with Gasteiger partial charge >= 0.3 is 0 Å². The first kappa shape index (κ1) is 23.4. The smallest absolute Gasteiger partial charge is 0.222 e. The third-order valence-electron chi connectivity index (χ3n) is 7.47. The number of rotatable bonds is 4. The second-order valence-corrected chi connectivity index (χ2v) is 9.72. The Morgan fingerprint density at radius 1 is 1.19 bits per heavy atom. The third kappa shape index (κ3) is 4.07. The lowest BCUT2D eigenvalue weighted by Gasteiger charge is -2.31. The highest BCUT2D eigenvalue weighted by molar-refractivity contribution is 5.99. The van der Waals surface area contributed by atoms with Crippen LogP contribution in [0.4, 0.5) is 5.69 Å². The molecular weight excluding hydrogens is 466 g/mol. The van der Waals surface area contributed by atoms with E-state index in [0.717, 1.165) is 71.8 Å². The van der Waals surface area contributed by atoms with Gasteiger partial charge in [-0.25, -0.2) is 9.83 Å². The molecule has 9 nitrogen and oxygen atoms in total. The van der Waals surface area contributed by atoms with Crippen LogP contribution in [0.3, 0.4) is 0 Å². The Bertz CT molecular complexity index is 1540. The molecule has 4 aromatic rings. The van der Waals surface area contributed by atoms with Crippen molar-refractivity contribution in [3.8, 4) is 22.5 Å². The summed E-state index contributed by atoms with van der Waals surface area (Å²) in [6.45, 7) is 13.2. The number of hydrogen-bond acceptors (Lipinski definition) is 5. The first-order valence-corrected chi connectivity index (χ1v) is 12.8. The standard InChI is InChI=1S/C28H29N7O2/c1-4-25(36)34-10-11-35-24(17-34)27(32-28(35)18-8-12-37-13-9-18)20-6-5-7-22-21(20)14-23(29-2)26(31-22)19-15-30-33(3)16-19/h5-7,14-16,18H,4,8-13,17H2,1,3H3. The van der Waals surface area contributed by atoms with E-state index in [-0.39, 0.29) is 5.91 Å². The SMILES string of the molecule is [C-]#[N+]c1cc2c(-c3nc(C4CCOCC4)n4c3CN(C(=O)CC)CC4)cccc2nc1-c1cnn(C)c1. The lowest BCUT2D eigenvalue weighted by atomic mass is 9.99. The van der Waals surface area contributed by atoms with Crippen LogP contribution in [0.5, 0.6) is 0 Å². The molecule has 188 valence electrons. The molecule has 37 heavy (non-hydrogen) atoms. The van der Waals surface area contributed by atoms with E-state index in [1.165, 1.54) is 0 Å². The number of imidazole rings is 1.